The van der Waals surface area contributed by atoms with E-state index in [2.05, 4.69) is 5.73 Å². The van der Waals surface area contributed by atoms with Crippen LogP contribution in [0.4, 0.5) is 4.39 Å². The fraction of sp³-hybridized carbons (Fsp3) is 0.167. The largest absolute Gasteiger partial charge is 0.232 e. The van der Waals surface area contributed by atoms with Crippen LogP contribution in [-0.2, 0) is 0 Å². The van der Waals surface area contributed by atoms with Gasteiger partial charge in [-0.2, -0.15) is 4.39 Å². The fourth-order valence-electron chi connectivity index (χ4n) is 0.207. The molecule has 8 heavy (non-hydrogen) atoms. The van der Waals surface area contributed by atoms with Gasteiger partial charge >= 0.3 is 0 Å². The van der Waals surface area contributed by atoms with Crippen LogP contribution < -0.4 is 0 Å². The molecular formula is C6H6ClF. The lowest BCUT2D eigenvalue weighted by molar-refractivity contribution is 0.697. The molecule has 0 rings (SSSR count). The highest BCUT2D eigenvalue weighted by Gasteiger charge is 1.72. The first-order chi connectivity index (χ1) is 3.77. The van der Waals surface area contributed by atoms with Gasteiger partial charge in [0.2, 0.25) is 5.29 Å². The molecule has 0 heterocycles. The molecule has 0 aliphatic heterocycles. The van der Waals surface area contributed by atoms with Crippen LogP contribution in [0.15, 0.2) is 29.2 Å². The van der Waals surface area contributed by atoms with E-state index in [1.165, 1.54) is 6.08 Å². The van der Waals surface area contributed by atoms with Crippen LogP contribution in [0.25, 0.3) is 0 Å². The molecule has 0 saturated carbocycles. The van der Waals surface area contributed by atoms with Crippen LogP contribution in [0.5, 0.6) is 0 Å². The molecule has 2 heteroatoms. The normalized spacial score (nSPS) is 8.88. The Kier molecular flexibility index (Phi) is 4.33. The van der Waals surface area contributed by atoms with E-state index in [1.807, 2.05) is 6.92 Å². The summed E-state index contributed by atoms with van der Waals surface area (Å²) in [7, 11) is 0. The van der Waals surface area contributed by atoms with Crippen molar-refractivity contribution < 1.29 is 4.39 Å². The van der Waals surface area contributed by atoms with Crippen molar-refractivity contribution >= 4 is 11.6 Å². The first-order valence-corrected chi connectivity index (χ1v) is 2.54. The van der Waals surface area contributed by atoms with E-state index in [0.717, 1.165) is 0 Å². The van der Waals surface area contributed by atoms with Gasteiger partial charge in [0.15, 0.2) is 0 Å². The maximum absolute atomic E-state index is 11.5. The minimum absolute atomic E-state index is 0.817. The van der Waals surface area contributed by atoms with Crippen molar-refractivity contribution in [1.29, 1.82) is 0 Å². The molecular weight excluding hydrogens is 127 g/mol. The van der Waals surface area contributed by atoms with E-state index in [0.29, 0.717) is 0 Å². The Labute approximate surface area is 53.0 Å². The molecule has 0 radical (unpaired) electrons. The van der Waals surface area contributed by atoms with Gasteiger partial charge in [0.05, 0.1) is 0 Å². The van der Waals surface area contributed by atoms with Gasteiger partial charge in [0, 0.05) is 0 Å². The highest BCUT2D eigenvalue weighted by atomic mass is 35.5. The van der Waals surface area contributed by atoms with Gasteiger partial charge in [0.1, 0.15) is 0 Å². The van der Waals surface area contributed by atoms with Gasteiger partial charge in [-0.1, -0.05) is 17.9 Å². The molecule has 0 aromatic carbocycles. The second kappa shape index (κ2) is 4.63. The maximum atomic E-state index is 11.5. The summed E-state index contributed by atoms with van der Waals surface area (Å²) < 4.78 is 11.5. The lowest BCUT2D eigenvalue weighted by Crippen LogP contribution is -1.44. The van der Waals surface area contributed by atoms with Crippen molar-refractivity contribution in [1.82, 2.24) is 0 Å². The van der Waals surface area contributed by atoms with Gasteiger partial charge in [-0.15, -0.1) is 0 Å². The predicted octanol–water partition coefficient (Wildman–Crippen LogP) is 2.77. The summed E-state index contributed by atoms with van der Waals surface area (Å²) >= 11 is 4.79. The fourth-order valence-corrected chi connectivity index (χ4v) is 0.270. The van der Waals surface area contributed by atoms with Gasteiger partial charge in [-0.3, -0.25) is 0 Å². The smallest absolute Gasteiger partial charge is 0.184 e. The summed E-state index contributed by atoms with van der Waals surface area (Å²) in [6, 6.07) is 0. The molecule has 0 N–H and O–H groups in total. The van der Waals surface area contributed by atoms with E-state index in [9.17, 15) is 4.39 Å². The highest BCUT2D eigenvalue weighted by Crippen LogP contribution is 1.96. The summed E-state index contributed by atoms with van der Waals surface area (Å²) in [5.41, 5.74) is 2.15. The molecule has 0 amide bonds. The molecule has 0 aromatic heterocycles. The average Bonchev–Trinajstić information content (AvgIpc) is 1.66. The van der Waals surface area contributed by atoms with Crippen LogP contribution in [-0.4, -0.2) is 0 Å². The quantitative estimate of drug-likeness (QED) is 0.380. The monoisotopic (exact) mass is 132 g/mol. The number of hydrogen-bond acceptors (Lipinski definition) is 0. The van der Waals surface area contributed by atoms with Gasteiger partial charge < -0.3 is 0 Å². The summed E-state index contributed by atoms with van der Waals surface area (Å²) in [4.78, 5) is 0. The third-order valence-electron chi connectivity index (χ3n) is 0.481. The van der Waals surface area contributed by atoms with E-state index in [1.54, 1.807) is 12.2 Å². The molecule has 0 unspecified atom stereocenters. The van der Waals surface area contributed by atoms with Crippen molar-refractivity contribution in [2.24, 2.45) is 0 Å². The molecule has 0 aliphatic carbocycles. The van der Waals surface area contributed by atoms with E-state index in [4.69, 9.17) is 11.6 Å². The Balaban J connectivity index is 3.83. The molecule has 0 aliphatic rings. The minimum atomic E-state index is -0.817. The minimum Gasteiger partial charge on any atom is -0.184 e. The molecule has 0 bridgehead atoms. The predicted molar refractivity (Wildman–Crippen MR) is 33.4 cm³/mol. The summed E-state index contributed by atoms with van der Waals surface area (Å²) in [6.45, 7) is 1.82. The lowest BCUT2D eigenvalue weighted by Gasteiger charge is -1.65. The number of rotatable bonds is 1. The van der Waals surface area contributed by atoms with Crippen molar-refractivity contribution in [3.05, 3.63) is 29.2 Å². The Morgan fingerprint density at radius 2 is 2.38 bits per heavy atom. The third kappa shape index (κ3) is 5.48. The highest BCUT2D eigenvalue weighted by molar-refractivity contribution is 6.28. The van der Waals surface area contributed by atoms with Crippen molar-refractivity contribution in [3.8, 4) is 0 Å². The topological polar surface area (TPSA) is 0 Å². The van der Waals surface area contributed by atoms with E-state index >= 15 is 0 Å². The van der Waals surface area contributed by atoms with Crippen molar-refractivity contribution in [2.45, 2.75) is 6.92 Å². The number of hydrogen-bond donors (Lipinski definition) is 0. The first-order valence-electron chi connectivity index (χ1n) is 2.16. The zero-order chi connectivity index (χ0) is 6.41. The van der Waals surface area contributed by atoms with Crippen LogP contribution in [0.3, 0.4) is 0 Å². The summed E-state index contributed by atoms with van der Waals surface area (Å²) in [6.07, 6.45) is 4.80. The van der Waals surface area contributed by atoms with Crippen LogP contribution in [0.1, 0.15) is 6.92 Å². The molecule has 0 fully saturated rings. The first kappa shape index (κ1) is 7.48. The van der Waals surface area contributed by atoms with Crippen LogP contribution in [0.2, 0.25) is 0 Å². The zero-order valence-corrected chi connectivity index (χ0v) is 5.24. The van der Waals surface area contributed by atoms with Gasteiger partial charge in [-0.25, -0.2) is 0 Å². The van der Waals surface area contributed by atoms with E-state index < -0.39 is 5.29 Å². The van der Waals surface area contributed by atoms with E-state index in [-0.39, 0.29) is 0 Å². The Morgan fingerprint density at radius 1 is 1.75 bits per heavy atom. The van der Waals surface area contributed by atoms with Crippen LogP contribution in [0, 0.1) is 0 Å². The summed E-state index contributed by atoms with van der Waals surface area (Å²) in [5, 5.41) is -0.817. The standard InChI is InChI=1S/C6H6ClF/c1-2-3-4-5-6(7)8/h2-4H,1H3. The molecule has 0 saturated heterocycles. The number of halogens is 2. The Bertz CT molecular complexity index is 137. The average molecular weight is 133 g/mol. The molecule has 0 atom stereocenters. The summed E-state index contributed by atoms with van der Waals surface area (Å²) in [5.74, 6) is 0. The Hall–Kier alpha value is -0.520. The van der Waals surface area contributed by atoms with Crippen molar-refractivity contribution in [2.75, 3.05) is 0 Å². The van der Waals surface area contributed by atoms with Gasteiger partial charge in [-0.05, 0) is 24.6 Å². The SMILES string of the molecule is CC=CC=C=C(F)Cl. The zero-order valence-electron chi connectivity index (χ0n) is 4.49. The lowest BCUT2D eigenvalue weighted by atomic mass is 10.5. The number of allylic oxidation sites excluding steroid dienone is 3. The Morgan fingerprint density at radius 3 is 2.75 bits per heavy atom. The van der Waals surface area contributed by atoms with Crippen LogP contribution >= 0.6 is 11.6 Å². The van der Waals surface area contributed by atoms with Crippen molar-refractivity contribution in [3.63, 3.8) is 0 Å². The van der Waals surface area contributed by atoms with Gasteiger partial charge in [0.25, 0.3) is 0 Å². The molecule has 0 spiro atoms. The second-order valence-corrected chi connectivity index (χ2v) is 1.43. The molecule has 44 valence electrons. The molecule has 0 nitrogen and oxygen atoms in total. The third-order valence-corrected chi connectivity index (χ3v) is 0.590. The maximum Gasteiger partial charge on any atom is 0.232 e. The molecule has 0 aromatic rings. The second-order valence-electron chi connectivity index (χ2n) is 1.10.